The number of halogens is 1. The molecule has 1 N–H and O–H groups in total. The lowest BCUT2D eigenvalue weighted by molar-refractivity contribution is 0.559. The summed E-state index contributed by atoms with van der Waals surface area (Å²) in [6.45, 7) is 4.49. The smallest absolute Gasteiger partial charge is 0.0931 e. The molecule has 0 aliphatic heterocycles. The van der Waals surface area contributed by atoms with Crippen LogP contribution in [0.3, 0.4) is 0 Å². The van der Waals surface area contributed by atoms with E-state index in [0.29, 0.717) is 6.04 Å². The van der Waals surface area contributed by atoms with Gasteiger partial charge in [-0.15, -0.1) is 11.3 Å². The molecule has 1 saturated carbocycles. The lowest BCUT2D eigenvalue weighted by atomic mass is 10.2. The first kappa shape index (κ1) is 9.50. The highest BCUT2D eigenvalue weighted by molar-refractivity contribution is 7.16. The summed E-state index contributed by atoms with van der Waals surface area (Å²) < 4.78 is 0.882. The molecule has 1 aliphatic carbocycles. The van der Waals surface area contributed by atoms with Crippen LogP contribution < -0.4 is 5.32 Å². The molecule has 0 amide bonds. The molecule has 0 bridgehead atoms. The highest BCUT2D eigenvalue weighted by Gasteiger charge is 2.33. The lowest BCUT2D eigenvalue weighted by Gasteiger charge is -2.10. The normalized spacial score (nSPS) is 28.8. The Morgan fingerprint density at radius 3 is 2.77 bits per heavy atom. The minimum Gasteiger partial charge on any atom is -0.306 e. The van der Waals surface area contributed by atoms with E-state index in [1.165, 1.54) is 11.3 Å². The number of thiophene rings is 1. The summed E-state index contributed by atoms with van der Waals surface area (Å²) in [7, 11) is 0. The van der Waals surface area contributed by atoms with Gasteiger partial charge in [0.05, 0.1) is 4.34 Å². The Balaban J connectivity index is 1.93. The molecule has 3 atom stereocenters. The monoisotopic (exact) mass is 215 g/mol. The Hall–Kier alpha value is -0.0500. The fraction of sp³-hybridized carbons (Fsp3) is 0.600. The van der Waals surface area contributed by atoms with Gasteiger partial charge in [0.2, 0.25) is 0 Å². The summed E-state index contributed by atoms with van der Waals surface area (Å²) >= 11 is 7.55. The van der Waals surface area contributed by atoms with Crippen LogP contribution in [-0.4, -0.2) is 6.04 Å². The Kier molecular flexibility index (Phi) is 2.63. The Bertz CT molecular complexity index is 297. The zero-order chi connectivity index (χ0) is 9.42. The maximum Gasteiger partial charge on any atom is 0.0931 e. The van der Waals surface area contributed by atoms with Gasteiger partial charge in [0.1, 0.15) is 0 Å². The van der Waals surface area contributed by atoms with Gasteiger partial charge >= 0.3 is 0 Å². The zero-order valence-electron chi connectivity index (χ0n) is 7.88. The molecule has 1 aliphatic rings. The van der Waals surface area contributed by atoms with E-state index >= 15 is 0 Å². The summed E-state index contributed by atoms with van der Waals surface area (Å²) in [6, 6.07) is 5.26. The Morgan fingerprint density at radius 2 is 2.31 bits per heavy atom. The van der Waals surface area contributed by atoms with E-state index in [0.717, 1.165) is 16.3 Å². The van der Waals surface area contributed by atoms with Gasteiger partial charge < -0.3 is 5.32 Å². The molecule has 0 aromatic carbocycles. The van der Waals surface area contributed by atoms with Gasteiger partial charge in [-0.05, 0) is 31.4 Å². The zero-order valence-corrected chi connectivity index (χ0v) is 9.45. The minimum absolute atomic E-state index is 0.451. The van der Waals surface area contributed by atoms with Gasteiger partial charge in [-0.2, -0.15) is 0 Å². The molecule has 0 radical (unpaired) electrons. The number of rotatable bonds is 3. The van der Waals surface area contributed by atoms with Crippen LogP contribution in [0.2, 0.25) is 4.34 Å². The summed E-state index contributed by atoms with van der Waals surface area (Å²) in [5, 5.41) is 3.58. The molecule has 1 aromatic rings. The van der Waals surface area contributed by atoms with Gasteiger partial charge in [0.25, 0.3) is 0 Å². The summed E-state index contributed by atoms with van der Waals surface area (Å²) in [4.78, 5) is 1.34. The number of hydrogen-bond acceptors (Lipinski definition) is 2. The van der Waals surface area contributed by atoms with Crippen molar-refractivity contribution >= 4 is 22.9 Å². The topological polar surface area (TPSA) is 12.0 Å². The molecular weight excluding hydrogens is 202 g/mol. The Labute approximate surface area is 88.1 Å². The third kappa shape index (κ3) is 2.25. The molecule has 0 spiro atoms. The van der Waals surface area contributed by atoms with E-state index in [1.54, 1.807) is 11.3 Å². The molecule has 1 unspecified atom stereocenters. The summed E-state index contributed by atoms with van der Waals surface area (Å²) in [6.07, 6.45) is 1.32. The summed E-state index contributed by atoms with van der Waals surface area (Å²) in [5.41, 5.74) is 0. The second kappa shape index (κ2) is 3.60. The maximum absolute atomic E-state index is 5.88. The fourth-order valence-corrected chi connectivity index (χ4v) is 2.59. The first-order chi connectivity index (χ1) is 6.16. The van der Waals surface area contributed by atoms with E-state index in [-0.39, 0.29) is 0 Å². The van der Waals surface area contributed by atoms with Crippen LogP contribution in [0.25, 0.3) is 0 Å². The van der Waals surface area contributed by atoms with Gasteiger partial charge in [-0.1, -0.05) is 18.5 Å². The predicted molar refractivity (Wildman–Crippen MR) is 58.4 cm³/mol. The highest BCUT2D eigenvalue weighted by atomic mass is 35.5. The first-order valence-corrected chi connectivity index (χ1v) is 5.87. The van der Waals surface area contributed by atoms with Crippen molar-refractivity contribution in [3.63, 3.8) is 0 Å². The average molecular weight is 216 g/mol. The van der Waals surface area contributed by atoms with Crippen molar-refractivity contribution in [1.82, 2.24) is 5.32 Å². The molecular formula is C10H14ClNS. The van der Waals surface area contributed by atoms with Gasteiger partial charge in [-0.25, -0.2) is 0 Å². The quantitative estimate of drug-likeness (QED) is 0.815. The van der Waals surface area contributed by atoms with Crippen LogP contribution >= 0.6 is 22.9 Å². The van der Waals surface area contributed by atoms with E-state index in [1.807, 2.05) is 6.07 Å². The lowest BCUT2D eigenvalue weighted by Crippen LogP contribution is -2.21. The van der Waals surface area contributed by atoms with Crippen molar-refractivity contribution in [3.8, 4) is 0 Å². The second-order valence-corrected chi connectivity index (χ2v) is 5.60. The van der Waals surface area contributed by atoms with E-state index in [2.05, 4.69) is 25.2 Å². The van der Waals surface area contributed by atoms with Crippen molar-refractivity contribution in [3.05, 3.63) is 21.3 Å². The number of hydrogen-bond donors (Lipinski definition) is 1. The van der Waals surface area contributed by atoms with Gasteiger partial charge in [-0.3, -0.25) is 0 Å². The van der Waals surface area contributed by atoms with Crippen LogP contribution in [-0.2, 0) is 0 Å². The molecule has 2 rings (SSSR count). The van der Waals surface area contributed by atoms with Crippen LogP contribution in [0, 0.1) is 5.92 Å². The third-order valence-corrected chi connectivity index (χ3v) is 4.01. The maximum atomic E-state index is 5.88. The van der Waals surface area contributed by atoms with Crippen LogP contribution in [0.1, 0.15) is 31.2 Å². The summed E-state index contributed by atoms with van der Waals surface area (Å²) in [5.74, 6) is 0.859. The van der Waals surface area contributed by atoms with Crippen molar-refractivity contribution in [2.24, 2.45) is 5.92 Å². The van der Waals surface area contributed by atoms with Crippen molar-refractivity contribution in [2.45, 2.75) is 32.4 Å². The van der Waals surface area contributed by atoms with Crippen LogP contribution in [0.4, 0.5) is 0 Å². The van der Waals surface area contributed by atoms with E-state index < -0.39 is 0 Å². The molecule has 3 heteroatoms. The van der Waals surface area contributed by atoms with Crippen molar-refractivity contribution < 1.29 is 0 Å². The first-order valence-electron chi connectivity index (χ1n) is 4.68. The average Bonchev–Trinajstić information content (AvgIpc) is 2.62. The van der Waals surface area contributed by atoms with E-state index in [9.17, 15) is 0 Å². The van der Waals surface area contributed by atoms with Crippen molar-refractivity contribution in [1.29, 1.82) is 0 Å². The van der Waals surface area contributed by atoms with Crippen LogP contribution in [0.15, 0.2) is 12.1 Å². The largest absolute Gasteiger partial charge is 0.306 e. The fourth-order valence-electron chi connectivity index (χ4n) is 1.52. The standard InChI is InChI=1S/C10H14ClNS/c1-6-5-8(6)12-7(2)9-3-4-10(11)13-9/h3-4,6-8,12H,5H2,1-2H3/t6-,7?,8-/m1/s1. The Morgan fingerprint density at radius 1 is 1.62 bits per heavy atom. The third-order valence-electron chi connectivity index (χ3n) is 2.59. The van der Waals surface area contributed by atoms with Gasteiger partial charge in [0.15, 0.2) is 0 Å². The molecule has 13 heavy (non-hydrogen) atoms. The van der Waals surface area contributed by atoms with E-state index in [4.69, 9.17) is 11.6 Å². The second-order valence-electron chi connectivity index (χ2n) is 3.85. The molecule has 1 fully saturated rings. The predicted octanol–water partition coefficient (Wildman–Crippen LogP) is 3.46. The molecule has 0 saturated heterocycles. The van der Waals surface area contributed by atoms with Crippen LogP contribution in [0.5, 0.6) is 0 Å². The SMILES string of the molecule is CC(N[C@@H]1C[C@H]1C)c1ccc(Cl)s1. The molecule has 72 valence electrons. The van der Waals surface area contributed by atoms with Crippen molar-refractivity contribution in [2.75, 3.05) is 0 Å². The minimum atomic E-state index is 0.451. The highest BCUT2D eigenvalue weighted by Crippen LogP contribution is 2.33. The van der Waals surface area contributed by atoms with Gasteiger partial charge in [0, 0.05) is 17.0 Å². The molecule has 1 nitrogen and oxygen atoms in total. The molecule has 1 heterocycles. The molecule has 1 aromatic heterocycles. The number of nitrogens with one attached hydrogen (secondary N) is 1.